The van der Waals surface area contributed by atoms with Crippen LogP contribution in [0.25, 0.3) is 0 Å². The van der Waals surface area contributed by atoms with Crippen LogP contribution in [0.15, 0.2) is 0 Å². The second-order valence-electron chi connectivity index (χ2n) is 4.69. The molecule has 1 aliphatic heterocycles. The molecule has 3 nitrogen and oxygen atoms in total. The Balaban J connectivity index is 1.57. The highest BCUT2D eigenvalue weighted by Crippen LogP contribution is 2.46. The summed E-state index contributed by atoms with van der Waals surface area (Å²) in [6, 6.07) is 0. The van der Waals surface area contributed by atoms with Crippen molar-refractivity contribution in [1.29, 1.82) is 0 Å². The molecule has 0 aromatic carbocycles. The first-order valence-corrected chi connectivity index (χ1v) is 6.01. The highest BCUT2D eigenvalue weighted by molar-refractivity contribution is 5.59. The van der Waals surface area contributed by atoms with E-state index in [1.54, 1.807) is 0 Å². The first-order chi connectivity index (χ1) is 7.33. The van der Waals surface area contributed by atoms with Gasteiger partial charge in [-0.3, -0.25) is 0 Å². The van der Waals surface area contributed by atoms with Gasteiger partial charge in [-0.25, -0.2) is 0 Å². The number of hydrogen-bond acceptors (Lipinski definition) is 3. The molecular weight excluding hydrogens is 192 g/mol. The van der Waals surface area contributed by atoms with Gasteiger partial charge in [-0.2, -0.15) is 0 Å². The molecule has 0 spiro atoms. The van der Waals surface area contributed by atoms with E-state index in [-0.39, 0.29) is 6.29 Å². The largest absolute Gasteiger partial charge is 0.353 e. The van der Waals surface area contributed by atoms with E-state index in [1.165, 1.54) is 6.42 Å². The lowest BCUT2D eigenvalue weighted by Crippen LogP contribution is -2.22. The van der Waals surface area contributed by atoms with Gasteiger partial charge in [0.25, 0.3) is 0 Å². The normalized spacial score (nSPS) is 40.1. The van der Waals surface area contributed by atoms with E-state index in [4.69, 9.17) is 9.47 Å². The molecule has 0 radical (unpaired) electrons. The molecule has 2 rings (SSSR count). The maximum atomic E-state index is 10.6. The van der Waals surface area contributed by atoms with Gasteiger partial charge in [-0.15, -0.1) is 0 Å². The van der Waals surface area contributed by atoms with Crippen molar-refractivity contribution in [3.8, 4) is 0 Å². The van der Waals surface area contributed by atoms with Crippen molar-refractivity contribution in [1.82, 2.24) is 0 Å². The lowest BCUT2D eigenvalue weighted by atomic mass is 10.2. The van der Waals surface area contributed by atoms with Gasteiger partial charge in [0, 0.05) is 12.5 Å². The summed E-state index contributed by atoms with van der Waals surface area (Å²) in [7, 11) is 0. The predicted octanol–water partition coefficient (Wildman–Crippen LogP) is 2.00. The van der Waals surface area contributed by atoms with Crippen molar-refractivity contribution in [2.75, 3.05) is 13.2 Å². The fourth-order valence-corrected chi connectivity index (χ4v) is 2.44. The molecule has 15 heavy (non-hydrogen) atoms. The van der Waals surface area contributed by atoms with Gasteiger partial charge in [0.2, 0.25) is 0 Å². The zero-order valence-electron chi connectivity index (χ0n) is 9.35. The van der Waals surface area contributed by atoms with Gasteiger partial charge >= 0.3 is 0 Å². The van der Waals surface area contributed by atoms with Gasteiger partial charge in [0.15, 0.2) is 6.29 Å². The molecule has 1 heterocycles. The zero-order chi connectivity index (χ0) is 10.7. The van der Waals surface area contributed by atoms with Crippen LogP contribution in [0.1, 0.15) is 32.6 Å². The third-order valence-electron chi connectivity index (χ3n) is 3.69. The van der Waals surface area contributed by atoms with Crippen LogP contribution >= 0.6 is 0 Å². The topological polar surface area (TPSA) is 35.5 Å². The molecule has 2 aliphatic rings. The van der Waals surface area contributed by atoms with Gasteiger partial charge in [-0.1, -0.05) is 6.92 Å². The van der Waals surface area contributed by atoms with Crippen LogP contribution in [0.3, 0.4) is 0 Å². The highest BCUT2D eigenvalue weighted by atomic mass is 16.7. The number of carbonyl (C=O) groups is 1. The lowest BCUT2D eigenvalue weighted by molar-refractivity contribution is -0.163. The summed E-state index contributed by atoms with van der Waals surface area (Å²) in [5.74, 6) is 1.42. The summed E-state index contributed by atoms with van der Waals surface area (Å²) in [5, 5.41) is 0. The van der Waals surface area contributed by atoms with Gasteiger partial charge < -0.3 is 14.3 Å². The molecule has 1 saturated carbocycles. The van der Waals surface area contributed by atoms with E-state index < -0.39 is 0 Å². The molecule has 3 heteroatoms. The molecule has 0 aromatic rings. The number of rotatable bonds is 5. The minimum Gasteiger partial charge on any atom is -0.353 e. The average molecular weight is 212 g/mol. The Labute approximate surface area is 91.1 Å². The van der Waals surface area contributed by atoms with E-state index in [1.807, 2.05) is 0 Å². The van der Waals surface area contributed by atoms with Crippen molar-refractivity contribution in [3.05, 3.63) is 0 Å². The molecule has 86 valence electrons. The van der Waals surface area contributed by atoms with Crippen LogP contribution in [-0.2, 0) is 14.3 Å². The van der Waals surface area contributed by atoms with Crippen molar-refractivity contribution < 1.29 is 14.3 Å². The quantitative estimate of drug-likeness (QED) is 0.654. The van der Waals surface area contributed by atoms with Crippen molar-refractivity contribution >= 4 is 6.29 Å². The van der Waals surface area contributed by atoms with Gasteiger partial charge in [0.1, 0.15) is 6.29 Å². The second kappa shape index (κ2) is 5.08. The first kappa shape index (κ1) is 11.1. The van der Waals surface area contributed by atoms with Crippen LogP contribution in [0.2, 0.25) is 0 Å². The molecule has 4 atom stereocenters. The highest BCUT2D eigenvalue weighted by Gasteiger charge is 2.45. The second-order valence-corrected chi connectivity index (χ2v) is 4.69. The van der Waals surface area contributed by atoms with Crippen molar-refractivity contribution in [2.24, 2.45) is 17.8 Å². The summed E-state index contributed by atoms with van der Waals surface area (Å²) in [6.07, 6.45) is 5.50. The van der Waals surface area contributed by atoms with E-state index in [0.717, 1.165) is 38.8 Å². The van der Waals surface area contributed by atoms with E-state index >= 15 is 0 Å². The third kappa shape index (κ3) is 2.79. The average Bonchev–Trinajstić information content (AvgIpc) is 2.90. The Hall–Kier alpha value is -0.410. The van der Waals surface area contributed by atoms with Crippen LogP contribution < -0.4 is 0 Å². The summed E-state index contributed by atoms with van der Waals surface area (Å²) >= 11 is 0. The lowest BCUT2D eigenvalue weighted by Gasteiger charge is -2.22. The molecule has 1 saturated heterocycles. The third-order valence-corrected chi connectivity index (χ3v) is 3.69. The standard InChI is InChI=1S/C12H20O3/c1-9-10(11(9)8-13)5-7-15-12-4-2-3-6-14-12/h8-12H,2-7H2,1H3/t9-,10+,11-,12?/m0/s1. The molecule has 0 N–H and O–H groups in total. The van der Waals surface area contributed by atoms with E-state index in [0.29, 0.717) is 17.8 Å². The molecular formula is C12H20O3. The number of carbonyl (C=O) groups excluding carboxylic acids is 1. The van der Waals surface area contributed by atoms with Crippen LogP contribution in [0, 0.1) is 17.8 Å². The number of aldehydes is 1. The Morgan fingerprint density at radius 3 is 2.93 bits per heavy atom. The molecule has 0 amide bonds. The fraction of sp³-hybridized carbons (Fsp3) is 0.917. The van der Waals surface area contributed by atoms with Crippen molar-refractivity contribution in [3.63, 3.8) is 0 Å². The maximum Gasteiger partial charge on any atom is 0.157 e. The molecule has 0 aromatic heterocycles. The Bertz CT molecular complexity index is 211. The first-order valence-electron chi connectivity index (χ1n) is 6.01. The molecule has 1 unspecified atom stereocenters. The summed E-state index contributed by atoms with van der Waals surface area (Å²) in [5.41, 5.74) is 0. The van der Waals surface area contributed by atoms with E-state index in [9.17, 15) is 4.79 Å². The molecule has 1 aliphatic carbocycles. The number of hydrogen-bond donors (Lipinski definition) is 0. The van der Waals surface area contributed by atoms with Crippen molar-refractivity contribution in [2.45, 2.75) is 38.9 Å². The Morgan fingerprint density at radius 2 is 2.33 bits per heavy atom. The number of ether oxygens (including phenoxy) is 2. The van der Waals surface area contributed by atoms with Gasteiger partial charge in [-0.05, 0) is 37.5 Å². The molecule has 0 bridgehead atoms. The minimum absolute atomic E-state index is 0.0162. The fourth-order valence-electron chi connectivity index (χ4n) is 2.44. The molecule has 2 fully saturated rings. The SMILES string of the molecule is C[C@@H]1[C@H](C=O)[C@@H]1CCOC1CCCCO1. The zero-order valence-corrected chi connectivity index (χ0v) is 9.35. The van der Waals surface area contributed by atoms with Crippen LogP contribution in [-0.4, -0.2) is 25.8 Å². The Morgan fingerprint density at radius 1 is 1.47 bits per heavy atom. The van der Waals surface area contributed by atoms with Crippen LogP contribution in [0.5, 0.6) is 0 Å². The van der Waals surface area contributed by atoms with Gasteiger partial charge in [0.05, 0.1) is 6.61 Å². The Kier molecular flexibility index (Phi) is 3.76. The maximum absolute atomic E-state index is 10.6. The van der Waals surface area contributed by atoms with E-state index in [2.05, 4.69) is 6.92 Å². The summed E-state index contributed by atoms with van der Waals surface area (Å²) in [4.78, 5) is 10.6. The smallest absolute Gasteiger partial charge is 0.157 e. The summed E-state index contributed by atoms with van der Waals surface area (Å²) < 4.78 is 11.1. The van der Waals surface area contributed by atoms with Crippen LogP contribution in [0.4, 0.5) is 0 Å². The predicted molar refractivity (Wildman–Crippen MR) is 56.4 cm³/mol. The monoisotopic (exact) mass is 212 g/mol. The minimum atomic E-state index is 0.0162. The summed E-state index contributed by atoms with van der Waals surface area (Å²) in [6.45, 7) is 3.71.